The molecular weight excluding hydrogens is 310 g/mol. The number of anilines is 1. The topological polar surface area (TPSA) is 62.3 Å². The summed E-state index contributed by atoms with van der Waals surface area (Å²) in [7, 11) is -0.324. The molecule has 0 amide bonds. The van der Waals surface area contributed by atoms with Gasteiger partial charge in [-0.25, -0.2) is 13.4 Å². The van der Waals surface area contributed by atoms with Crippen LogP contribution in [0.25, 0.3) is 0 Å². The number of pyridine rings is 1. The highest BCUT2D eigenvalue weighted by Crippen LogP contribution is 2.19. The third-order valence-corrected chi connectivity index (χ3v) is 5.07. The smallest absolute Gasteiger partial charge is 0.243 e. The quantitative estimate of drug-likeness (QED) is 0.918. The van der Waals surface area contributed by atoms with Crippen molar-refractivity contribution in [2.75, 3.05) is 19.4 Å². The van der Waals surface area contributed by atoms with Crippen LogP contribution in [0.15, 0.2) is 47.5 Å². The van der Waals surface area contributed by atoms with E-state index in [1.807, 2.05) is 0 Å². The molecule has 7 heteroatoms. The molecule has 1 aromatic carbocycles. The summed E-state index contributed by atoms with van der Waals surface area (Å²) in [5, 5.41) is 3.45. The number of nitrogens with zero attached hydrogens (tertiary/aromatic N) is 2. The lowest BCUT2D eigenvalue weighted by Crippen LogP contribution is -2.26. The fraction of sp³-hybridized carbons (Fsp3) is 0.214. The number of hydrogen-bond donors (Lipinski definition) is 1. The number of hydrogen-bond acceptors (Lipinski definition) is 4. The van der Waals surface area contributed by atoms with Gasteiger partial charge in [-0.05, 0) is 23.8 Å². The lowest BCUT2D eigenvalue weighted by molar-refractivity contribution is 0.466. The number of nitrogens with one attached hydrogen (secondary N) is 1. The second-order valence-electron chi connectivity index (χ2n) is 4.51. The van der Waals surface area contributed by atoms with E-state index in [1.165, 1.54) is 22.6 Å². The first-order chi connectivity index (χ1) is 9.93. The first-order valence-electron chi connectivity index (χ1n) is 6.28. The van der Waals surface area contributed by atoms with Crippen molar-refractivity contribution in [2.24, 2.45) is 0 Å². The van der Waals surface area contributed by atoms with Crippen molar-refractivity contribution in [1.29, 1.82) is 0 Å². The molecule has 0 radical (unpaired) electrons. The fourth-order valence-corrected chi connectivity index (χ4v) is 3.12. The molecule has 112 valence electrons. The minimum atomic E-state index is -3.56. The van der Waals surface area contributed by atoms with Gasteiger partial charge in [0.15, 0.2) is 0 Å². The maximum absolute atomic E-state index is 12.5. The van der Waals surface area contributed by atoms with Gasteiger partial charge in [0, 0.05) is 37.9 Å². The molecule has 1 N–H and O–H groups in total. The van der Waals surface area contributed by atoms with Crippen molar-refractivity contribution in [3.8, 4) is 0 Å². The van der Waals surface area contributed by atoms with Gasteiger partial charge in [-0.1, -0.05) is 23.7 Å². The summed E-state index contributed by atoms with van der Waals surface area (Å²) >= 11 is 5.82. The van der Waals surface area contributed by atoms with Gasteiger partial charge in [0.2, 0.25) is 10.0 Å². The molecular formula is C14H16ClN3O2S. The van der Waals surface area contributed by atoms with E-state index < -0.39 is 10.0 Å². The molecule has 0 atom stereocenters. The van der Waals surface area contributed by atoms with E-state index in [1.54, 1.807) is 38.4 Å². The van der Waals surface area contributed by atoms with Crippen LogP contribution in [0.1, 0.15) is 5.56 Å². The molecule has 1 heterocycles. The van der Waals surface area contributed by atoms with Crippen LogP contribution in [-0.2, 0) is 16.6 Å². The van der Waals surface area contributed by atoms with E-state index in [4.69, 9.17) is 11.6 Å². The van der Waals surface area contributed by atoms with Crippen molar-refractivity contribution >= 4 is 27.4 Å². The summed E-state index contributed by atoms with van der Waals surface area (Å²) < 4.78 is 26.3. The van der Waals surface area contributed by atoms with Gasteiger partial charge < -0.3 is 5.32 Å². The van der Waals surface area contributed by atoms with E-state index in [-0.39, 0.29) is 11.4 Å². The second kappa shape index (κ2) is 6.43. The molecule has 5 nitrogen and oxygen atoms in total. The third-order valence-electron chi connectivity index (χ3n) is 3.01. The molecule has 0 unspecified atom stereocenters. The minimum absolute atomic E-state index is 0.207. The lowest BCUT2D eigenvalue weighted by atomic mass is 10.2. The normalized spacial score (nSPS) is 11.6. The molecule has 0 aliphatic rings. The molecule has 0 saturated heterocycles. The van der Waals surface area contributed by atoms with Gasteiger partial charge in [0.25, 0.3) is 0 Å². The van der Waals surface area contributed by atoms with Crippen molar-refractivity contribution in [1.82, 2.24) is 9.29 Å². The Morgan fingerprint density at radius 1 is 1.24 bits per heavy atom. The first kappa shape index (κ1) is 15.8. The second-order valence-corrected chi connectivity index (χ2v) is 7.00. The highest BCUT2D eigenvalue weighted by molar-refractivity contribution is 7.89. The monoisotopic (exact) mass is 325 g/mol. The zero-order valence-corrected chi connectivity index (χ0v) is 13.3. The van der Waals surface area contributed by atoms with Gasteiger partial charge in [-0.2, -0.15) is 4.31 Å². The van der Waals surface area contributed by atoms with Crippen LogP contribution in [0.2, 0.25) is 5.02 Å². The fourth-order valence-electron chi connectivity index (χ4n) is 1.82. The average Bonchev–Trinajstić information content (AvgIpc) is 2.49. The zero-order chi connectivity index (χ0) is 15.5. The predicted molar refractivity (Wildman–Crippen MR) is 83.9 cm³/mol. The lowest BCUT2D eigenvalue weighted by Gasteiger charge is -2.17. The van der Waals surface area contributed by atoms with Crippen LogP contribution in [0.3, 0.4) is 0 Å². The van der Waals surface area contributed by atoms with Gasteiger partial charge in [-0.15, -0.1) is 0 Å². The maximum atomic E-state index is 12.5. The Balaban J connectivity index is 2.23. The summed E-state index contributed by atoms with van der Waals surface area (Å²) in [6, 6.07) is 10.1. The van der Waals surface area contributed by atoms with E-state index in [2.05, 4.69) is 10.3 Å². The summed E-state index contributed by atoms with van der Waals surface area (Å²) in [5.74, 6) is 0.510. The number of sulfonamides is 1. The Morgan fingerprint density at radius 3 is 2.52 bits per heavy atom. The summed E-state index contributed by atoms with van der Waals surface area (Å²) in [6.45, 7) is 0.275. The molecule has 2 aromatic rings. The van der Waals surface area contributed by atoms with Crippen LogP contribution >= 0.6 is 11.6 Å². The van der Waals surface area contributed by atoms with Gasteiger partial charge in [0.05, 0.1) is 4.90 Å². The average molecular weight is 326 g/mol. The van der Waals surface area contributed by atoms with Crippen molar-refractivity contribution in [2.45, 2.75) is 11.4 Å². The van der Waals surface area contributed by atoms with Gasteiger partial charge in [0.1, 0.15) is 5.82 Å². The molecule has 0 fully saturated rings. The van der Waals surface area contributed by atoms with E-state index >= 15 is 0 Å². The Bertz CT molecular complexity index is 717. The Kier molecular flexibility index (Phi) is 4.82. The molecule has 0 bridgehead atoms. The molecule has 0 spiro atoms. The van der Waals surface area contributed by atoms with Crippen LogP contribution in [0.4, 0.5) is 5.82 Å². The van der Waals surface area contributed by atoms with E-state index in [0.29, 0.717) is 10.8 Å². The molecule has 1 aromatic heterocycles. The molecule has 0 aliphatic carbocycles. The van der Waals surface area contributed by atoms with Crippen LogP contribution in [0.5, 0.6) is 0 Å². The minimum Gasteiger partial charge on any atom is -0.373 e. The Hall–Kier alpha value is -1.63. The highest BCUT2D eigenvalue weighted by Gasteiger charge is 2.21. The predicted octanol–water partition coefficient (Wildman–Crippen LogP) is 2.60. The molecule has 2 rings (SSSR count). The number of rotatable bonds is 5. The molecule has 0 saturated carbocycles. The third kappa shape index (κ3) is 3.72. The molecule has 0 aliphatic heterocycles. The number of halogens is 1. The maximum Gasteiger partial charge on any atom is 0.243 e. The Morgan fingerprint density at radius 2 is 1.90 bits per heavy atom. The summed E-state index contributed by atoms with van der Waals surface area (Å²) in [5.41, 5.74) is 0.869. The van der Waals surface area contributed by atoms with Crippen LogP contribution in [0, 0.1) is 0 Å². The SMILES string of the molecule is CNc1cc(S(=O)(=O)N(C)Cc2ccc(Cl)cc2)ccn1. The van der Waals surface area contributed by atoms with Crippen molar-refractivity contribution in [3.63, 3.8) is 0 Å². The van der Waals surface area contributed by atoms with Crippen LogP contribution in [-0.4, -0.2) is 31.8 Å². The van der Waals surface area contributed by atoms with Crippen LogP contribution < -0.4 is 5.32 Å². The summed E-state index contributed by atoms with van der Waals surface area (Å²) in [6.07, 6.45) is 1.47. The highest BCUT2D eigenvalue weighted by atomic mass is 35.5. The first-order valence-corrected chi connectivity index (χ1v) is 8.10. The van der Waals surface area contributed by atoms with E-state index in [9.17, 15) is 8.42 Å². The Labute approximate surface area is 129 Å². The molecule has 21 heavy (non-hydrogen) atoms. The van der Waals surface area contributed by atoms with E-state index in [0.717, 1.165) is 5.56 Å². The van der Waals surface area contributed by atoms with Gasteiger partial charge >= 0.3 is 0 Å². The van der Waals surface area contributed by atoms with Gasteiger partial charge in [-0.3, -0.25) is 0 Å². The zero-order valence-electron chi connectivity index (χ0n) is 11.7. The number of benzene rings is 1. The largest absolute Gasteiger partial charge is 0.373 e. The van der Waals surface area contributed by atoms with Crippen molar-refractivity contribution in [3.05, 3.63) is 53.2 Å². The van der Waals surface area contributed by atoms with Crippen molar-refractivity contribution < 1.29 is 8.42 Å². The number of aromatic nitrogens is 1. The standard InChI is InChI=1S/C14H16ClN3O2S/c1-16-14-9-13(7-8-17-14)21(19,20)18(2)10-11-3-5-12(15)6-4-11/h3-9H,10H2,1-2H3,(H,16,17). The summed E-state index contributed by atoms with van der Waals surface area (Å²) in [4.78, 5) is 4.22.